The summed E-state index contributed by atoms with van der Waals surface area (Å²) >= 11 is 4.95. The third kappa shape index (κ3) is 2.97. The minimum atomic E-state index is 0.0177. The zero-order chi connectivity index (χ0) is 13.1. The fourth-order valence-electron chi connectivity index (χ4n) is 1.61. The van der Waals surface area contributed by atoms with Crippen molar-refractivity contribution >= 4 is 33.2 Å². The molecule has 0 aliphatic rings. The smallest absolute Gasteiger partial charge is 0.253 e. The van der Waals surface area contributed by atoms with E-state index in [1.165, 1.54) is 0 Å². The lowest BCUT2D eigenvalue weighted by Crippen LogP contribution is -2.26. The molecule has 0 aliphatic heterocycles. The van der Waals surface area contributed by atoms with Gasteiger partial charge < -0.3 is 4.90 Å². The predicted octanol–water partition coefficient (Wildman–Crippen LogP) is 3.49. The predicted molar refractivity (Wildman–Crippen MR) is 76.8 cm³/mol. The second-order valence-corrected chi connectivity index (χ2v) is 5.89. The number of benzene rings is 1. The van der Waals surface area contributed by atoms with E-state index in [1.54, 1.807) is 16.2 Å². The summed E-state index contributed by atoms with van der Waals surface area (Å²) in [6, 6.07) is 7.43. The largest absolute Gasteiger partial charge is 0.336 e. The molecule has 94 valence electrons. The van der Waals surface area contributed by atoms with Gasteiger partial charge in [0.05, 0.1) is 17.7 Å². The van der Waals surface area contributed by atoms with Crippen LogP contribution in [-0.2, 0) is 6.54 Å². The molecule has 0 fully saturated rings. The van der Waals surface area contributed by atoms with Crippen molar-refractivity contribution < 1.29 is 4.79 Å². The van der Waals surface area contributed by atoms with E-state index in [2.05, 4.69) is 20.9 Å². The topological polar surface area (TPSA) is 33.2 Å². The summed E-state index contributed by atoms with van der Waals surface area (Å²) in [5, 5.41) is 0. The Morgan fingerprint density at radius 1 is 1.50 bits per heavy atom. The van der Waals surface area contributed by atoms with E-state index < -0.39 is 0 Å². The highest BCUT2D eigenvalue weighted by molar-refractivity contribution is 9.10. The van der Waals surface area contributed by atoms with Gasteiger partial charge in [0.1, 0.15) is 0 Å². The highest BCUT2D eigenvalue weighted by atomic mass is 79.9. The second kappa shape index (κ2) is 5.63. The Labute approximate surface area is 119 Å². The van der Waals surface area contributed by atoms with Gasteiger partial charge in [-0.2, -0.15) is 0 Å². The summed E-state index contributed by atoms with van der Waals surface area (Å²) in [5.41, 5.74) is 3.49. The minimum absolute atomic E-state index is 0.0177. The number of rotatable bonds is 3. The first-order chi connectivity index (χ1) is 8.58. The number of amides is 1. The van der Waals surface area contributed by atoms with Crippen LogP contribution in [0.3, 0.4) is 0 Å². The first kappa shape index (κ1) is 13.2. The third-order valence-electron chi connectivity index (χ3n) is 2.64. The van der Waals surface area contributed by atoms with Gasteiger partial charge in [-0.15, -0.1) is 11.3 Å². The number of aryl methyl sites for hydroxylation is 1. The Bertz CT molecular complexity index is 568. The van der Waals surface area contributed by atoms with Crippen LogP contribution in [0.25, 0.3) is 0 Å². The maximum atomic E-state index is 12.2. The first-order valence-corrected chi connectivity index (χ1v) is 7.15. The molecule has 0 saturated heterocycles. The monoisotopic (exact) mass is 324 g/mol. The Morgan fingerprint density at radius 2 is 2.28 bits per heavy atom. The van der Waals surface area contributed by atoms with E-state index in [0.717, 1.165) is 15.0 Å². The molecule has 0 saturated carbocycles. The van der Waals surface area contributed by atoms with Gasteiger partial charge in [-0.05, 0) is 25.1 Å². The second-order valence-electron chi connectivity index (χ2n) is 4.03. The van der Waals surface area contributed by atoms with Crippen LogP contribution in [0.15, 0.2) is 34.2 Å². The van der Waals surface area contributed by atoms with Gasteiger partial charge in [-0.25, -0.2) is 4.98 Å². The van der Waals surface area contributed by atoms with Gasteiger partial charge in [0.25, 0.3) is 5.91 Å². The van der Waals surface area contributed by atoms with E-state index in [9.17, 15) is 4.79 Å². The summed E-state index contributed by atoms with van der Waals surface area (Å²) in [5.74, 6) is 0.0177. The van der Waals surface area contributed by atoms with Crippen LogP contribution in [-0.4, -0.2) is 22.8 Å². The van der Waals surface area contributed by atoms with Crippen molar-refractivity contribution in [2.45, 2.75) is 13.5 Å². The van der Waals surface area contributed by atoms with Crippen LogP contribution < -0.4 is 0 Å². The molecular weight excluding hydrogens is 312 g/mol. The average molecular weight is 325 g/mol. The first-order valence-electron chi connectivity index (χ1n) is 5.48. The maximum Gasteiger partial charge on any atom is 0.253 e. The molecule has 1 aromatic carbocycles. The number of carbonyl (C=O) groups is 1. The number of hydrogen-bond acceptors (Lipinski definition) is 3. The number of carbonyl (C=O) groups excluding carboxylic acids is 1. The van der Waals surface area contributed by atoms with Crippen molar-refractivity contribution in [2.75, 3.05) is 7.05 Å². The number of thiazole rings is 1. The molecule has 0 N–H and O–H groups in total. The number of nitrogens with zero attached hydrogens (tertiary/aromatic N) is 2. The number of hydrogen-bond donors (Lipinski definition) is 0. The van der Waals surface area contributed by atoms with Crippen molar-refractivity contribution in [3.63, 3.8) is 0 Å². The summed E-state index contributed by atoms with van der Waals surface area (Å²) in [6.45, 7) is 2.56. The average Bonchev–Trinajstić information content (AvgIpc) is 2.74. The number of halogens is 1. The van der Waals surface area contributed by atoms with Crippen molar-refractivity contribution in [3.05, 3.63) is 50.4 Å². The Hall–Kier alpha value is -1.20. The zero-order valence-electron chi connectivity index (χ0n) is 10.2. The fourth-order valence-corrected chi connectivity index (χ4v) is 2.84. The molecule has 2 aromatic rings. The fraction of sp³-hybridized carbons (Fsp3) is 0.231. The molecule has 0 aliphatic carbocycles. The standard InChI is InChI=1S/C13H13BrN2OS/c1-9-12(18-8-15-9)7-16(2)13(17)10-4-3-5-11(14)6-10/h3-6,8H,7H2,1-2H3. The maximum absolute atomic E-state index is 12.2. The molecule has 1 aromatic heterocycles. The van der Waals surface area contributed by atoms with E-state index in [-0.39, 0.29) is 5.91 Å². The van der Waals surface area contributed by atoms with Crippen molar-refractivity contribution in [3.8, 4) is 0 Å². The summed E-state index contributed by atoms with van der Waals surface area (Å²) in [7, 11) is 1.81. The van der Waals surface area contributed by atoms with Crippen LogP contribution >= 0.6 is 27.3 Å². The SMILES string of the molecule is Cc1ncsc1CN(C)C(=O)c1cccc(Br)c1. The highest BCUT2D eigenvalue weighted by Gasteiger charge is 2.14. The van der Waals surface area contributed by atoms with Gasteiger partial charge >= 0.3 is 0 Å². The van der Waals surface area contributed by atoms with Crippen LogP contribution in [0.1, 0.15) is 20.9 Å². The molecule has 1 amide bonds. The Kier molecular flexibility index (Phi) is 4.14. The van der Waals surface area contributed by atoms with E-state index in [1.807, 2.05) is 43.7 Å². The van der Waals surface area contributed by atoms with E-state index in [4.69, 9.17) is 0 Å². The van der Waals surface area contributed by atoms with Crippen LogP contribution in [0.5, 0.6) is 0 Å². The molecule has 2 rings (SSSR count). The Balaban J connectivity index is 2.12. The normalized spacial score (nSPS) is 10.4. The molecule has 0 unspecified atom stereocenters. The molecule has 3 nitrogen and oxygen atoms in total. The van der Waals surface area contributed by atoms with Crippen LogP contribution in [0, 0.1) is 6.92 Å². The molecule has 1 heterocycles. The van der Waals surface area contributed by atoms with Crippen LogP contribution in [0.4, 0.5) is 0 Å². The van der Waals surface area contributed by atoms with Gasteiger partial charge in [0.2, 0.25) is 0 Å². The summed E-state index contributed by atoms with van der Waals surface area (Å²) in [4.78, 5) is 19.2. The lowest BCUT2D eigenvalue weighted by Gasteiger charge is -2.16. The van der Waals surface area contributed by atoms with Gasteiger partial charge in [-0.3, -0.25) is 4.79 Å². The molecule has 0 radical (unpaired) electrons. The number of aromatic nitrogens is 1. The molecule has 0 spiro atoms. The summed E-state index contributed by atoms with van der Waals surface area (Å²) < 4.78 is 0.913. The van der Waals surface area contributed by atoms with Crippen molar-refractivity contribution in [1.82, 2.24) is 9.88 Å². The van der Waals surface area contributed by atoms with Gasteiger partial charge in [-0.1, -0.05) is 22.0 Å². The van der Waals surface area contributed by atoms with Gasteiger partial charge in [0.15, 0.2) is 0 Å². The minimum Gasteiger partial charge on any atom is -0.336 e. The molecule has 0 atom stereocenters. The van der Waals surface area contributed by atoms with Crippen molar-refractivity contribution in [2.24, 2.45) is 0 Å². The molecule has 18 heavy (non-hydrogen) atoms. The van der Waals surface area contributed by atoms with E-state index in [0.29, 0.717) is 12.1 Å². The molecule has 5 heteroatoms. The van der Waals surface area contributed by atoms with Gasteiger partial charge in [0, 0.05) is 22.0 Å². The molecular formula is C13H13BrN2OS. The molecule has 0 bridgehead atoms. The van der Waals surface area contributed by atoms with Crippen molar-refractivity contribution in [1.29, 1.82) is 0 Å². The Morgan fingerprint density at radius 3 is 2.89 bits per heavy atom. The summed E-state index contributed by atoms with van der Waals surface area (Å²) in [6.07, 6.45) is 0. The zero-order valence-corrected chi connectivity index (χ0v) is 12.6. The lowest BCUT2D eigenvalue weighted by atomic mass is 10.2. The highest BCUT2D eigenvalue weighted by Crippen LogP contribution is 2.17. The lowest BCUT2D eigenvalue weighted by molar-refractivity contribution is 0.0786. The third-order valence-corrected chi connectivity index (χ3v) is 4.06. The van der Waals surface area contributed by atoms with E-state index >= 15 is 0 Å². The van der Waals surface area contributed by atoms with Crippen LogP contribution in [0.2, 0.25) is 0 Å². The quantitative estimate of drug-likeness (QED) is 0.865.